The molecule has 0 radical (unpaired) electrons. The normalized spacial score (nSPS) is 21.2. The number of aromatic nitrogens is 1. The Morgan fingerprint density at radius 3 is 2.78 bits per heavy atom. The first-order valence-corrected chi connectivity index (χ1v) is 7.10. The summed E-state index contributed by atoms with van der Waals surface area (Å²) in [5.74, 6) is 1.04. The number of rotatable bonds is 3. The minimum absolute atomic E-state index is 0.635. The fourth-order valence-corrected chi connectivity index (χ4v) is 2.90. The van der Waals surface area contributed by atoms with Crippen molar-refractivity contribution in [2.45, 2.75) is 31.7 Å². The highest BCUT2D eigenvalue weighted by Crippen LogP contribution is 2.23. The van der Waals surface area contributed by atoms with Gasteiger partial charge in [-0.2, -0.15) is 0 Å². The van der Waals surface area contributed by atoms with Gasteiger partial charge in [-0.1, -0.05) is 12.8 Å². The van der Waals surface area contributed by atoms with Crippen molar-refractivity contribution in [2.24, 2.45) is 0 Å². The Morgan fingerprint density at radius 2 is 2.00 bits per heavy atom. The molecule has 0 amide bonds. The Kier molecular flexibility index (Phi) is 3.64. The number of hydrogen-bond donors (Lipinski definition) is 2. The summed E-state index contributed by atoms with van der Waals surface area (Å²) in [6.07, 6.45) is 7.22. The lowest BCUT2D eigenvalue weighted by atomic mass is 10.2. The zero-order valence-corrected chi connectivity index (χ0v) is 10.9. The minimum atomic E-state index is 0.635. The highest BCUT2D eigenvalue weighted by Gasteiger charge is 2.16. The molecular weight excluding hydrogens is 224 g/mol. The minimum Gasteiger partial charge on any atom is -0.369 e. The van der Waals surface area contributed by atoms with Crippen molar-refractivity contribution >= 4 is 11.5 Å². The first kappa shape index (κ1) is 11.8. The Balaban J connectivity index is 1.67. The predicted octanol–water partition coefficient (Wildman–Crippen LogP) is 1.85. The molecule has 4 heteroatoms. The van der Waals surface area contributed by atoms with Crippen molar-refractivity contribution in [2.75, 3.05) is 36.4 Å². The predicted molar refractivity (Wildman–Crippen MR) is 75.2 cm³/mol. The molecule has 1 aromatic rings. The molecular formula is C14H22N4. The van der Waals surface area contributed by atoms with Gasteiger partial charge in [0.2, 0.25) is 0 Å². The van der Waals surface area contributed by atoms with Crippen LogP contribution in [-0.2, 0) is 0 Å². The second kappa shape index (κ2) is 5.57. The molecule has 2 N–H and O–H groups in total. The van der Waals surface area contributed by atoms with Crippen LogP contribution >= 0.6 is 0 Å². The molecule has 1 aromatic heterocycles. The van der Waals surface area contributed by atoms with Crippen molar-refractivity contribution in [1.82, 2.24) is 10.3 Å². The molecule has 0 spiro atoms. The number of pyridine rings is 1. The molecule has 4 nitrogen and oxygen atoms in total. The zero-order valence-electron chi connectivity index (χ0n) is 10.9. The molecule has 1 aliphatic carbocycles. The SMILES string of the molecule is c1cc(N2CCNCC2)cc(NC2CCCC2)n1. The van der Waals surface area contributed by atoms with Gasteiger partial charge in [0.1, 0.15) is 5.82 Å². The van der Waals surface area contributed by atoms with E-state index in [0.29, 0.717) is 6.04 Å². The summed E-state index contributed by atoms with van der Waals surface area (Å²) in [5.41, 5.74) is 1.30. The van der Waals surface area contributed by atoms with Gasteiger partial charge >= 0.3 is 0 Å². The molecule has 1 saturated carbocycles. The standard InChI is InChI=1S/C14H22N4/c1-2-4-12(3-1)17-14-11-13(5-6-16-14)18-9-7-15-8-10-18/h5-6,11-12,15H,1-4,7-10H2,(H,16,17). The Morgan fingerprint density at radius 1 is 1.22 bits per heavy atom. The van der Waals surface area contributed by atoms with Gasteiger partial charge < -0.3 is 15.5 Å². The number of nitrogens with zero attached hydrogens (tertiary/aromatic N) is 2. The van der Waals surface area contributed by atoms with Gasteiger partial charge in [-0.15, -0.1) is 0 Å². The van der Waals surface area contributed by atoms with Crippen LogP contribution in [0.15, 0.2) is 18.3 Å². The van der Waals surface area contributed by atoms with Gasteiger partial charge in [0.15, 0.2) is 0 Å². The number of hydrogen-bond acceptors (Lipinski definition) is 4. The third-order valence-electron chi connectivity index (χ3n) is 3.93. The lowest BCUT2D eigenvalue weighted by molar-refractivity contribution is 0.589. The Bertz CT molecular complexity index is 381. The summed E-state index contributed by atoms with van der Waals surface area (Å²) in [7, 11) is 0. The Hall–Kier alpha value is -1.29. The molecule has 1 aliphatic heterocycles. The topological polar surface area (TPSA) is 40.2 Å². The van der Waals surface area contributed by atoms with Crippen LogP contribution < -0.4 is 15.5 Å². The highest BCUT2D eigenvalue weighted by molar-refractivity contribution is 5.54. The summed E-state index contributed by atoms with van der Waals surface area (Å²) in [6, 6.07) is 4.95. The summed E-state index contributed by atoms with van der Waals surface area (Å²) in [5, 5.41) is 6.95. The second-order valence-electron chi connectivity index (χ2n) is 5.26. The van der Waals surface area contributed by atoms with E-state index < -0.39 is 0 Å². The first-order chi connectivity index (χ1) is 8.92. The highest BCUT2D eigenvalue weighted by atomic mass is 15.2. The van der Waals surface area contributed by atoms with Gasteiger partial charge in [0, 0.05) is 50.2 Å². The van der Waals surface area contributed by atoms with E-state index in [0.717, 1.165) is 32.0 Å². The molecule has 1 saturated heterocycles. The largest absolute Gasteiger partial charge is 0.369 e. The summed E-state index contributed by atoms with van der Waals surface area (Å²) >= 11 is 0. The van der Waals surface area contributed by atoms with Gasteiger partial charge in [-0.05, 0) is 18.9 Å². The second-order valence-corrected chi connectivity index (χ2v) is 5.26. The van der Waals surface area contributed by atoms with Crippen molar-refractivity contribution in [3.05, 3.63) is 18.3 Å². The number of piperazine rings is 1. The van der Waals surface area contributed by atoms with E-state index in [9.17, 15) is 0 Å². The van der Waals surface area contributed by atoms with E-state index in [1.165, 1.54) is 31.4 Å². The van der Waals surface area contributed by atoms with Gasteiger partial charge in [0.25, 0.3) is 0 Å². The maximum absolute atomic E-state index is 4.44. The monoisotopic (exact) mass is 246 g/mol. The molecule has 0 bridgehead atoms. The number of anilines is 2. The maximum atomic E-state index is 4.44. The van der Waals surface area contributed by atoms with Crippen molar-refractivity contribution < 1.29 is 0 Å². The van der Waals surface area contributed by atoms with Crippen LogP contribution in [-0.4, -0.2) is 37.2 Å². The van der Waals surface area contributed by atoms with Crippen LogP contribution in [0, 0.1) is 0 Å². The van der Waals surface area contributed by atoms with Crippen LogP contribution in [0.1, 0.15) is 25.7 Å². The van der Waals surface area contributed by atoms with E-state index >= 15 is 0 Å². The van der Waals surface area contributed by atoms with E-state index in [4.69, 9.17) is 0 Å². The smallest absolute Gasteiger partial charge is 0.128 e. The molecule has 0 aromatic carbocycles. The molecule has 98 valence electrons. The van der Waals surface area contributed by atoms with Crippen molar-refractivity contribution in [3.8, 4) is 0 Å². The molecule has 2 aliphatic rings. The van der Waals surface area contributed by atoms with Gasteiger partial charge in [0.05, 0.1) is 0 Å². The average molecular weight is 246 g/mol. The maximum Gasteiger partial charge on any atom is 0.128 e. The summed E-state index contributed by atoms with van der Waals surface area (Å²) in [4.78, 5) is 6.87. The molecule has 2 heterocycles. The number of nitrogens with one attached hydrogen (secondary N) is 2. The Labute approximate surface area is 109 Å². The van der Waals surface area contributed by atoms with Gasteiger partial charge in [-0.25, -0.2) is 4.98 Å². The van der Waals surface area contributed by atoms with E-state index in [1.54, 1.807) is 0 Å². The fourth-order valence-electron chi connectivity index (χ4n) is 2.90. The van der Waals surface area contributed by atoms with E-state index in [2.05, 4.69) is 32.7 Å². The van der Waals surface area contributed by atoms with E-state index in [1.807, 2.05) is 6.20 Å². The van der Waals surface area contributed by atoms with Crippen LogP contribution in [0.5, 0.6) is 0 Å². The van der Waals surface area contributed by atoms with Crippen molar-refractivity contribution in [1.29, 1.82) is 0 Å². The molecule has 2 fully saturated rings. The third kappa shape index (κ3) is 2.75. The quantitative estimate of drug-likeness (QED) is 0.854. The third-order valence-corrected chi connectivity index (χ3v) is 3.93. The molecule has 0 unspecified atom stereocenters. The fraction of sp³-hybridized carbons (Fsp3) is 0.643. The summed E-state index contributed by atoms with van der Waals surface area (Å²) in [6.45, 7) is 4.33. The first-order valence-electron chi connectivity index (χ1n) is 7.10. The zero-order chi connectivity index (χ0) is 12.2. The van der Waals surface area contributed by atoms with E-state index in [-0.39, 0.29) is 0 Å². The van der Waals surface area contributed by atoms with Crippen LogP contribution in [0.4, 0.5) is 11.5 Å². The molecule has 3 rings (SSSR count). The lowest BCUT2D eigenvalue weighted by Gasteiger charge is -2.29. The van der Waals surface area contributed by atoms with Gasteiger partial charge in [-0.3, -0.25) is 0 Å². The molecule has 0 atom stereocenters. The van der Waals surface area contributed by atoms with Crippen LogP contribution in [0.25, 0.3) is 0 Å². The van der Waals surface area contributed by atoms with Crippen molar-refractivity contribution in [3.63, 3.8) is 0 Å². The lowest BCUT2D eigenvalue weighted by Crippen LogP contribution is -2.43. The molecule has 18 heavy (non-hydrogen) atoms. The van der Waals surface area contributed by atoms with Crippen LogP contribution in [0.3, 0.4) is 0 Å². The van der Waals surface area contributed by atoms with Crippen LogP contribution in [0.2, 0.25) is 0 Å². The summed E-state index contributed by atoms with van der Waals surface area (Å²) < 4.78 is 0. The average Bonchev–Trinajstić information content (AvgIpc) is 2.93.